The van der Waals surface area contributed by atoms with E-state index >= 15 is 0 Å². The Morgan fingerprint density at radius 3 is 2.52 bits per heavy atom. The zero-order valence-corrected chi connectivity index (χ0v) is 12.7. The Morgan fingerprint density at radius 1 is 1.17 bits per heavy atom. The molecule has 0 atom stereocenters. The molecule has 1 amide bonds. The van der Waals surface area contributed by atoms with Gasteiger partial charge in [-0.25, -0.2) is 4.79 Å². The van der Waals surface area contributed by atoms with Crippen LogP contribution in [0.4, 0.5) is 5.69 Å². The van der Waals surface area contributed by atoms with Crippen LogP contribution >= 0.6 is 0 Å². The van der Waals surface area contributed by atoms with E-state index in [2.05, 4.69) is 4.98 Å². The van der Waals surface area contributed by atoms with Crippen LogP contribution < -0.4 is 4.90 Å². The standard InChI is InChI=1S/C18H18N2O3/c21-17(16-11-14(18(22)23)9-10-19-16)20(12-13-5-4-6-13)15-7-2-1-3-8-15/h1-3,7-11,13H,4-6,12H2,(H,22,23). The molecular weight excluding hydrogens is 292 g/mol. The van der Waals surface area contributed by atoms with E-state index in [0.717, 1.165) is 18.5 Å². The molecule has 0 radical (unpaired) electrons. The van der Waals surface area contributed by atoms with E-state index in [0.29, 0.717) is 12.5 Å². The molecule has 23 heavy (non-hydrogen) atoms. The Kier molecular flexibility index (Phi) is 4.37. The van der Waals surface area contributed by atoms with Crippen LogP contribution in [0.15, 0.2) is 48.7 Å². The maximum Gasteiger partial charge on any atom is 0.335 e. The second kappa shape index (κ2) is 6.60. The Bertz CT molecular complexity index is 711. The molecule has 1 aliphatic carbocycles. The third kappa shape index (κ3) is 3.39. The fourth-order valence-electron chi connectivity index (χ4n) is 2.67. The molecule has 0 aliphatic heterocycles. The molecule has 3 rings (SSSR count). The van der Waals surface area contributed by atoms with E-state index in [1.165, 1.54) is 24.8 Å². The lowest BCUT2D eigenvalue weighted by molar-refractivity contribution is 0.0696. The summed E-state index contributed by atoms with van der Waals surface area (Å²) in [4.78, 5) is 29.7. The van der Waals surface area contributed by atoms with E-state index in [9.17, 15) is 9.59 Å². The molecule has 5 nitrogen and oxygen atoms in total. The van der Waals surface area contributed by atoms with Gasteiger partial charge in [-0.15, -0.1) is 0 Å². The van der Waals surface area contributed by atoms with Crippen LogP contribution in [-0.2, 0) is 0 Å². The number of hydrogen-bond donors (Lipinski definition) is 1. The minimum Gasteiger partial charge on any atom is -0.478 e. The first-order valence-electron chi connectivity index (χ1n) is 7.71. The van der Waals surface area contributed by atoms with Gasteiger partial charge in [-0.1, -0.05) is 24.6 Å². The number of carbonyl (C=O) groups excluding carboxylic acids is 1. The minimum atomic E-state index is -1.06. The maximum absolute atomic E-state index is 12.9. The van der Waals surface area contributed by atoms with Gasteiger partial charge in [0.15, 0.2) is 0 Å². The second-order valence-corrected chi connectivity index (χ2v) is 5.78. The Hall–Kier alpha value is -2.69. The van der Waals surface area contributed by atoms with Gasteiger partial charge in [0, 0.05) is 18.4 Å². The molecule has 1 heterocycles. The summed E-state index contributed by atoms with van der Waals surface area (Å²) in [6.45, 7) is 0.641. The van der Waals surface area contributed by atoms with Crippen LogP contribution in [-0.4, -0.2) is 28.5 Å². The van der Waals surface area contributed by atoms with Crippen LogP contribution in [0.5, 0.6) is 0 Å². The van der Waals surface area contributed by atoms with Crippen molar-refractivity contribution in [2.45, 2.75) is 19.3 Å². The molecule has 118 valence electrons. The molecule has 0 saturated heterocycles. The summed E-state index contributed by atoms with van der Waals surface area (Å²) in [6, 6.07) is 12.2. The van der Waals surface area contributed by atoms with Crippen LogP contribution in [0.2, 0.25) is 0 Å². The van der Waals surface area contributed by atoms with Crippen molar-refractivity contribution in [1.82, 2.24) is 4.98 Å². The average Bonchev–Trinajstić information content (AvgIpc) is 2.54. The lowest BCUT2D eigenvalue weighted by Gasteiger charge is -2.32. The molecule has 1 fully saturated rings. The van der Waals surface area contributed by atoms with Gasteiger partial charge in [0.25, 0.3) is 5.91 Å². The van der Waals surface area contributed by atoms with Crippen molar-refractivity contribution in [2.24, 2.45) is 5.92 Å². The second-order valence-electron chi connectivity index (χ2n) is 5.78. The van der Waals surface area contributed by atoms with Crippen LogP contribution in [0.1, 0.15) is 40.1 Å². The number of amides is 1. The largest absolute Gasteiger partial charge is 0.478 e. The van der Waals surface area contributed by atoms with Gasteiger partial charge in [-0.2, -0.15) is 0 Å². The highest BCUT2D eigenvalue weighted by molar-refractivity contribution is 6.05. The summed E-state index contributed by atoms with van der Waals surface area (Å²) in [7, 11) is 0. The summed E-state index contributed by atoms with van der Waals surface area (Å²) in [5.41, 5.74) is 1.04. The summed E-state index contributed by atoms with van der Waals surface area (Å²) < 4.78 is 0. The zero-order valence-electron chi connectivity index (χ0n) is 12.7. The third-order valence-corrected chi connectivity index (χ3v) is 4.20. The molecule has 1 N–H and O–H groups in total. The van der Waals surface area contributed by atoms with Crippen molar-refractivity contribution in [3.05, 3.63) is 59.9 Å². The van der Waals surface area contributed by atoms with Crippen LogP contribution in [0.25, 0.3) is 0 Å². The van der Waals surface area contributed by atoms with E-state index in [1.807, 2.05) is 30.3 Å². The molecule has 0 unspecified atom stereocenters. The Labute approximate surface area is 134 Å². The van der Waals surface area contributed by atoms with Crippen LogP contribution in [0, 0.1) is 5.92 Å². The predicted molar refractivity (Wildman–Crippen MR) is 86.7 cm³/mol. The van der Waals surface area contributed by atoms with E-state index in [4.69, 9.17) is 5.11 Å². The highest BCUT2D eigenvalue weighted by atomic mass is 16.4. The number of hydrogen-bond acceptors (Lipinski definition) is 3. The van der Waals surface area contributed by atoms with Crippen molar-refractivity contribution in [1.29, 1.82) is 0 Å². The number of rotatable bonds is 5. The van der Waals surface area contributed by atoms with Crippen molar-refractivity contribution < 1.29 is 14.7 Å². The smallest absolute Gasteiger partial charge is 0.335 e. The molecule has 1 saturated carbocycles. The normalized spacial score (nSPS) is 14.1. The van der Waals surface area contributed by atoms with Gasteiger partial charge >= 0.3 is 5.97 Å². The van der Waals surface area contributed by atoms with E-state index in [-0.39, 0.29) is 17.2 Å². The van der Waals surface area contributed by atoms with Gasteiger partial charge in [0.2, 0.25) is 0 Å². The Balaban J connectivity index is 1.90. The summed E-state index contributed by atoms with van der Waals surface area (Å²) in [5, 5.41) is 9.09. The van der Waals surface area contributed by atoms with Crippen molar-refractivity contribution >= 4 is 17.6 Å². The molecule has 5 heteroatoms. The molecule has 0 spiro atoms. The summed E-state index contributed by atoms with van der Waals surface area (Å²) in [6.07, 6.45) is 4.82. The first kappa shape index (κ1) is 15.2. The van der Waals surface area contributed by atoms with Gasteiger partial charge in [-0.05, 0) is 43.0 Å². The number of carboxylic acids is 1. The first-order valence-corrected chi connectivity index (χ1v) is 7.71. The number of benzene rings is 1. The van der Waals surface area contributed by atoms with Gasteiger partial charge in [-0.3, -0.25) is 9.78 Å². The fourth-order valence-corrected chi connectivity index (χ4v) is 2.67. The molecule has 1 aliphatic rings. The number of nitrogens with zero attached hydrogens (tertiary/aromatic N) is 2. The number of aromatic nitrogens is 1. The van der Waals surface area contributed by atoms with E-state index < -0.39 is 5.97 Å². The molecule has 1 aromatic heterocycles. The third-order valence-electron chi connectivity index (χ3n) is 4.20. The number of pyridine rings is 1. The number of anilines is 1. The van der Waals surface area contributed by atoms with Crippen molar-refractivity contribution in [3.8, 4) is 0 Å². The fraction of sp³-hybridized carbons (Fsp3) is 0.278. The number of para-hydroxylation sites is 1. The number of aromatic carboxylic acids is 1. The van der Waals surface area contributed by atoms with Crippen molar-refractivity contribution in [2.75, 3.05) is 11.4 Å². The molecule has 0 bridgehead atoms. The van der Waals surface area contributed by atoms with Gasteiger partial charge in [0.1, 0.15) is 5.69 Å². The lowest BCUT2D eigenvalue weighted by Crippen LogP contribution is -2.38. The molecule has 1 aromatic carbocycles. The van der Waals surface area contributed by atoms with Gasteiger partial charge < -0.3 is 10.0 Å². The van der Waals surface area contributed by atoms with E-state index in [1.54, 1.807) is 4.90 Å². The van der Waals surface area contributed by atoms with Gasteiger partial charge in [0.05, 0.1) is 5.56 Å². The number of carboxylic acid groups (broad SMARTS) is 1. The first-order chi connectivity index (χ1) is 11.1. The predicted octanol–water partition coefficient (Wildman–Crippen LogP) is 3.23. The molecule has 2 aromatic rings. The summed E-state index contributed by atoms with van der Waals surface area (Å²) >= 11 is 0. The quantitative estimate of drug-likeness (QED) is 0.920. The SMILES string of the molecule is O=C(O)c1ccnc(C(=O)N(CC2CCC2)c2ccccc2)c1. The summed E-state index contributed by atoms with van der Waals surface area (Å²) in [5.74, 6) is -0.820. The monoisotopic (exact) mass is 310 g/mol. The maximum atomic E-state index is 12.9. The average molecular weight is 310 g/mol. The zero-order chi connectivity index (χ0) is 16.2. The highest BCUT2D eigenvalue weighted by Crippen LogP contribution is 2.29. The Morgan fingerprint density at radius 2 is 1.91 bits per heavy atom. The van der Waals surface area contributed by atoms with Crippen molar-refractivity contribution in [3.63, 3.8) is 0 Å². The number of carbonyl (C=O) groups is 2. The topological polar surface area (TPSA) is 70.5 Å². The molecular formula is C18H18N2O3. The minimum absolute atomic E-state index is 0.0694. The van der Waals surface area contributed by atoms with Crippen LogP contribution in [0.3, 0.4) is 0 Å². The highest BCUT2D eigenvalue weighted by Gasteiger charge is 2.26. The lowest BCUT2D eigenvalue weighted by atomic mass is 9.85.